The van der Waals surface area contributed by atoms with E-state index in [0.29, 0.717) is 0 Å². The maximum absolute atomic E-state index is 10.5. The number of carbonyl (C=O) groups is 1. The smallest absolute Gasteiger partial charge is 0.337 e. The van der Waals surface area contributed by atoms with Crippen LogP contribution in [0.15, 0.2) is 16.7 Å². The van der Waals surface area contributed by atoms with Gasteiger partial charge in [0.2, 0.25) is 0 Å². The van der Waals surface area contributed by atoms with E-state index in [1.807, 2.05) is 0 Å². The lowest BCUT2D eigenvalue weighted by Crippen LogP contribution is -2.00. The molecule has 0 radical (unpaired) electrons. The Hall–Kier alpha value is -1.41. The zero-order chi connectivity index (χ0) is 9.14. The molecule has 1 aromatic heterocycles. The summed E-state index contributed by atoms with van der Waals surface area (Å²) in [5.74, 6) is -1.08. The highest BCUT2D eigenvalue weighted by molar-refractivity contribution is 9.10. The van der Waals surface area contributed by atoms with Crippen molar-refractivity contribution in [2.75, 3.05) is 0 Å². The molecule has 60 valence electrons. The van der Waals surface area contributed by atoms with E-state index in [4.69, 9.17) is 10.4 Å². The van der Waals surface area contributed by atoms with E-state index in [1.54, 1.807) is 6.07 Å². The van der Waals surface area contributed by atoms with Gasteiger partial charge in [-0.15, -0.1) is 0 Å². The van der Waals surface area contributed by atoms with Crippen LogP contribution in [0.4, 0.5) is 0 Å². The molecular formula is C7H3BrN2O2. The SMILES string of the molecule is N#Cc1nccc(C(=O)O)c1Br. The molecule has 5 heteroatoms. The van der Waals surface area contributed by atoms with Crippen LogP contribution >= 0.6 is 15.9 Å². The number of nitriles is 1. The van der Waals surface area contributed by atoms with E-state index >= 15 is 0 Å². The summed E-state index contributed by atoms with van der Waals surface area (Å²) in [6.07, 6.45) is 1.28. The van der Waals surface area contributed by atoms with Gasteiger partial charge in [0.1, 0.15) is 6.07 Å². The molecule has 1 aromatic rings. The lowest BCUT2D eigenvalue weighted by Gasteiger charge is -1.97. The number of carboxylic acids is 1. The molecule has 4 nitrogen and oxygen atoms in total. The van der Waals surface area contributed by atoms with Crippen LogP contribution in [0.1, 0.15) is 16.1 Å². The van der Waals surface area contributed by atoms with Crippen molar-refractivity contribution >= 4 is 21.9 Å². The van der Waals surface area contributed by atoms with Gasteiger partial charge in [-0.2, -0.15) is 5.26 Å². The van der Waals surface area contributed by atoms with Gasteiger partial charge in [-0.1, -0.05) is 0 Å². The molecule has 0 saturated carbocycles. The van der Waals surface area contributed by atoms with Crippen LogP contribution in [0.2, 0.25) is 0 Å². The zero-order valence-corrected chi connectivity index (χ0v) is 7.37. The van der Waals surface area contributed by atoms with Gasteiger partial charge in [-0.3, -0.25) is 0 Å². The van der Waals surface area contributed by atoms with Gasteiger partial charge in [0.05, 0.1) is 10.0 Å². The Morgan fingerprint density at radius 2 is 2.42 bits per heavy atom. The standard InChI is InChI=1S/C7H3BrN2O2/c8-6-4(7(11)12)1-2-10-5(6)3-9/h1-2H,(H,11,12). The largest absolute Gasteiger partial charge is 0.478 e. The fraction of sp³-hybridized carbons (Fsp3) is 0. The summed E-state index contributed by atoms with van der Waals surface area (Å²) in [5.41, 5.74) is 0.122. The van der Waals surface area contributed by atoms with E-state index in [-0.39, 0.29) is 15.7 Å². The molecule has 0 aromatic carbocycles. The number of pyridine rings is 1. The minimum Gasteiger partial charge on any atom is -0.478 e. The molecular weight excluding hydrogens is 224 g/mol. The van der Waals surface area contributed by atoms with E-state index in [1.165, 1.54) is 12.3 Å². The Kier molecular flexibility index (Phi) is 2.41. The summed E-state index contributed by atoms with van der Waals surface area (Å²) >= 11 is 2.98. The van der Waals surface area contributed by atoms with E-state index < -0.39 is 5.97 Å². The predicted molar refractivity (Wildman–Crippen MR) is 43.6 cm³/mol. The van der Waals surface area contributed by atoms with Crippen molar-refractivity contribution in [3.63, 3.8) is 0 Å². The Morgan fingerprint density at radius 3 is 2.92 bits per heavy atom. The first-order valence-corrected chi connectivity index (χ1v) is 3.74. The number of aromatic carboxylic acids is 1. The second-order valence-corrected chi connectivity index (χ2v) is 2.73. The van der Waals surface area contributed by atoms with Gasteiger partial charge in [-0.25, -0.2) is 9.78 Å². The third kappa shape index (κ3) is 1.43. The molecule has 1 N–H and O–H groups in total. The zero-order valence-electron chi connectivity index (χ0n) is 5.78. The van der Waals surface area contributed by atoms with Crippen LogP contribution in [0.25, 0.3) is 0 Å². The van der Waals surface area contributed by atoms with Crippen molar-refractivity contribution < 1.29 is 9.90 Å². The summed E-state index contributed by atoms with van der Waals surface area (Å²) in [5, 5.41) is 17.1. The minimum absolute atomic E-state index is 0.0431. The van der Waals surface area contributed by atoms with Crippen molar-refractivity contribution in [2.45, 2.75) is 0 Å². The van der Waals surface area contributed by atoms with Crippen LogP contribution in [-0.2, 0) is 0 Å². The van der Waals surface area contributed by atoms with Crippen molar-refractivity contribution in [2.24, 2.45) is 0 Å². The Balaban J connectivity index is 3.35. The lowest BCUT2D eigenvalue weighted by molar-refractivity contribution is 0.0695. The molecule has 1 heterocycles. The second-order valence-electron chi connectivity index (χ2n) is 1.94. The summed E-state index contributed by atoms with van der Waals surface area (Å²) in [6, 6.07) is 3.10. The average Bonchev–Trinajstić information content (AvgIpc) is 2.04. The molecule has 0 aliphatic heterocycles. The van der Waals surface area contributed by atoms with Gasteiger partial charge in [0.25, 0.3) is 0 Å². The third-order valence-electron chi connectivity index (χ3n) is 1.23. The molecule has 0 unspecified atom stereocenters. The van der Waals surface area contributed by atoms with E-state index in [0.717, 1.165) is 0 Å². The van der Waals surface area contributed by atoms with E-state index in [2.05, 4.69) is 20.9 Å². The van der Waals surface area contributed by atoms with Crippen LogP contribution in [0, 0.1) is 11.3 Å². The fourth-order valence-corrected chi connectivity index (χ4v) is 1.18. The number of aromatic nitrogens is 1. The maximum Gasteiger partial charge on any atom is 0.337 e. The topological polar surface area (TPSA) is 74.0 Å². The maximum atomic E-state index is 10.5. The van der Waals surface area contributed by atoms with Crippen LogP contribution in [0.5, 0.6) is 0 Å². The van der Waals surface area contributed by atoms with Crippen molar-refractivity contribution in [3.05, 3.63) is 28.0 Å². The fourth-order valence-electron chi connectivity index (χ4n) is 0.687. The van der Waals surface area contributed by atoms with Gasteiger partial charge in [0, 0.05) is 6.20 Å². The van der Waals surface area contributed by atoms with Gasteiger partial charge in [-0.05, 0) is 22.0 Å². The molecule has 0 atom stereocenters. The predicted octanol–water partition coefficient (Wildman–Crippen LogP) is 1.41. The van der Waals surface area contributed by atoms with Crippen molar-refractivity contribution in [1.29, 1.82) is 5.26 Å². The van der Waals surface area contributed by atoms with Crippen LogP contribution < -0.4 is 0 Å². The first kappa shape index (κ1) is 8.68. The molecule has 0 saturated heterocycles. The van der Waals surface area contributed by atoms with Crippen LogP contribution in [-0.4, -0.2) is 16.1 Å². The molecule has 0 amide bonds. The first-order valence-electron chi connectivity index (χ1n) is 2.94. The Bertz CT molecular complexity index is 370. The number of hydrogen-bond acceptors (Lipinski definition) is 3. The van der Waals surface area contributed by atoms with Gasteiger partial charge >= 0.3 is 5.97 Å². The monoisotopic (exact) mass is 226 g/mol. The summed E-state index contributed by atoms with van der Waals surface area (Å²) in [4.78, 5) is 14.2. The molecule has 12 heavy (non-hydrogen) atoms. The molecule has 0 bridgehead atoms. The van der Waals surface area contributed by atoms with Crippen molar-refractivity contribution in [1.82, 2.24) is 4.98 Å². The Labute approximate surface area is 76.6 Å². The number of halogens is 1. The highest BCUT2D eigenvalue weighted by atomic mass is 79.9. The van der Waals surface area contributed by atoms with Gasteiger partial charge < -0.3 is 5.11 Å². The second kappa shape index (κ2) is 3.32. The normalized spacial score (nSPS) is 9.00. The van der Waals surface area contributed by atoms with E-state index in [9.17, 15) is 4.79 Å². The van der Waals surface area contributed by atoms with Gasteiger partial charge in [0.15, 0.2) is 5.69 Å². The highest BCUT2D eigenvalue weighted by Gasteiger charge is 2.11. The number of nitrogens with zero attached hydrogens (tertiary/aromatic N) is 2. The summed E-state index contributed by atoms with van der Waals surface area (Å²) in [7, 11) is 0. The summed E-state index contributed by atoms with van der Waals surface area (Å²) in [6.45, 7) is 0. The number of carboxylic acid groups (broad SMARTS) is 1. The lowest BCUT2D eigenvalue weighted by atomic mass is 10.2. The number of hydrogen-bond donors (Lipinski definition) is 1. The quantitative estimate of drug-likeness (QED) is 0.786. The number of rotatable bonds is 1. The Morgan fingerprint density at radius 1 is 1.75 bits per heavy atom. The van der Waals surface area contributed by atoms with Crippen molar-refractivity contribution in [3.8, 4) is 6.07 Å². The average molecular weight is 227 g/mol. The highest BCUT2D eigenvalue weighted by Crippen LogP contribution is 2.18. The molecule has 0 aliphatic rings. The molecule has 0 spiro atoms. The molecule has 0 aliphatic carbocycles. The first-order chi connectivity index (χ1) is 5.66. The summed E-state index contributed by atoms with van der Waals surface area (Å²) < 4.78 is 0.222. The third-order valence-corrected chi connectivity index (χ3v) is 2.03. The minimum atomic E-state index is -1.08. The molecule has 1 rings (SSSR count). The molecule has 0 fully saturated rings. The van der Waals surface area contributed by atoms with Crippen LogP contribution in [0.3, 0.4) is 0 Å².